The predicted molar refractivity (Wildman–Crippen MR) is 121 cm³/mol. The van der Waals surface area contributed by atoms with Gasteiger partial charge in [0.1, 0.15) is 12.4 Å². The standard InChI is InChI=1S/C23H27N5O4/c1-15-13-18(32-12-11-28-10-8-24-23(28)31)5-6-20(15)26-22(30)25-17-4-3-16-7-9-27(2)21(29)19(16)14-17/h3-6,13-14H,7-12H2,1-2H3,(H,24,31)(H2,25,26,30). The first-order chi connectivity index (χ1) is 15.4. The Hall–Kier alpha value is -3.75. The molecule has 0 bridgehead atoms. The van der Waals surface area contributed by atoms with Crippen LogP contribution in [0.5, 0.6) is 5.75 Å². The van der Waals surface area contributed by atoms with Crippen LogP contribution in [0.4, 0.5) is 21.0 Å². The molecule has 0 atom stereocenters. The molecule has 2 aliphatic heterocycles. The molecular formula is C23H27N5O4. The summed E-state index contributed by atoms with van der Waals surface area (Å²) in [5.41, 5.74) is 3.69. The summed E-state index contributed by atoms with van der Waals surface area (Å²) < 4.78 is 5.74. The normalized spacial score (nSPS) is 15.3. The van der Waals surface area contributed by atoms with Crippen LogP contribution in [-0.4, -0.2) is 67.6 Å². The maximum Gasteiger partial charge on any atom is 0.323 e. The van der Waals surface area contributed by atoms with Gasteiger partial charge in [0, 0.05) is 43.6 Å². The molecule has 9 heteroatoms. The molecule has 1 fully saturated rings. The van der Waals surface area contributed by atoms with Crippen LogP contribution in [0.1, 0.15) is 21.5 Å². The van der Waals surface area contributed by atoms with Crippen LogP contribution in [0, 0.1) is 6.92 Å². The average Bonchev–Trinajstić information content (AvgIpc) is 3.18. The number of fused-ring (bicyclic) bond motifs is 1. The van der Waals surface area contributed by atoms with Gasteiger partial charge in [0.25, 0.3) is 5.91 Å². The highest BCUT2D eigenvalue weighted by Gasteiger charge is 2.22. The highest BCUT2D eigenvalue weighted by Crippen LogP contribution is 2.24. The summed E-state index contributed by atoms with van der Waals surface area (Å²) in [5, 5.41) is 8.38. The Morgan fingerprint density at radius 1 is 1.12 bits per heavy atom. The van der Waals surface area contributed by atoms with Crippen molar-refractivity contribution in [2.24, 2.45) is 0 Å². The molecule has 0 unspecified atom stereocenters. The van der Waals surface area contributed by atoms with Crippen LogP contribution in [0.15, 0.2) is 36.4 Å². The zero-order valence-corrected chi connectivity index (χ0v) is 18.2. The zero-order chi connectivity index (χ0) is 22.7. The van der Waals surface area contributed by atoms with Gasteiger partial charge in [-0.25, -0.2) is 9.59 Å². The molecule has 5 amide bonds. The van der Waals surface area contributed by atoms with E-state index in [0.29, 0.717) is 55.5 Å². The lowest BCUT2D eigenvalue weighted by atomic mass is 9.99. The molecule has 168 valence electrons. The molecule has 32 heavy (non-hydrogen) atoms. The van der Waals surface area contributed by atoms with E-state index in [1.807, 2.05) is 19.1 Å². The minimum absolute atomic E-state index is 0.0351. The highest BCUT2D eigenvalue weighted by atomic mass is 16.5. The van der Waals surface area contributed by atoms with Crippen molar-refractivity contribution in [3.63, 3.8) is 0 Å². The van der Waals surface area contributed by atoms with Gasteiger partial charge in [0.05, 0.1) is 6.54 Å². The van der Waals surface area contributed by atoms with Gasteiger partial charge in [-0.3, -0.25) is 4.79 Å². The Morgan fingerprint density at radius 2 is 1.97 bits per heavy atom. The van der Waals surface area contributed by atoms with Crippen molar-refractivity contribution < 1.29 is 19.1 Å². The summed E-state index contributed by atoms with van der Waals surface area (Å²) in [6, 6.07) is 10.4. The number of anilines is 2. The first-order valence-corrected chi connectivity index (χ1v) is 10.6. The van der Waals surface area contributed by atoms with E-state index >= 15 is 0 Å². The number of urea groups is 2. The van der Waals surface area contributed by atoms with Crippen molar-refractivity contribution in [3.05, 3.63) is 53.1 Å². The van der Waals surface area contributed by atoms with Gasteiger partial charge in [-0.05, 0) is 54.8 Å². The number of rotatable bonds is 6. The highest BCUT2D eigenvalue weighted by molar-refractivity contribution is 6.02. The SMILES string of the molecule is Cc1cc(OCCN2CCNC2=O)ccc1NC(=O)Nc1ccc2c(c1)C(=O)N(C)CC2. The van der Waals surface area contributed by atoms with Crippen LogP contribution < -0.4 is 20.7 Å². The fourth-order valence-corrected chi connectivity index (χ4v) is 3.82. The molecule has 1 saturated heterocycles. The predicted octanol–water partition coefficient (Wildman–Crippen LogP) is 2.67. The summed E-state index contributed by atoms with van der Waals surface area (Å²) in [7, 11) is 1.78. The molecule has 4 rings (SSSR count). The molecule has 3 N–H and O–H groups in total. The van der Waals surface area contributed by atoms with Gasteiger partial charge in [-0.15, -0.1) is 0 Å². The number of hydrogen-bond acceptors (Lipinski definition) is 4. The molecule has 0 saturated carbocycles. The smallest absolute Gasteiger partial charge is 0.323 e. The first kappa shape index (κ1) is 21.5. The van der Waals surface area contributed by atoms with Crippen LogP contribution in [-0.2, 0) is 6.42 Å². The van der Waals surface area contributed by atoms with Crippen molar-refractivity contribution in [2.45, 2.75) is 13.3 Å². The first-order valence-electron chi connectivity index (χ1n) is 10.6. The van der Waals surface area contributed by atoms with Crippen molar-refractivity contribution in [2.75, 3.05) is 50.5 Å². The summed E-state index contributed by atoms with van der Waals surface area (Å²) >= 11 is 0. The van der Waals surface area contributed by atoms with E-state index < -0.39 is 6.03 Å². The van der Waals surface area contributed by atoms with Crippen molar-refractivity contribution >= 4 is 29.3 Å². The Labute approximate surface area is 186 Å². The van der Waals surface area contributed by atoms with Gasteiger partial charge in [-0.1, -0.05) is 6.07 Å². The Balaban J connectivity index is 1.32. The average molecular weight is 438 g/mol. The summed E-state index contributed by atoms with van der Waals surface area (Å²) in [4.78, 5) is 39.8. The van der Waals surface area contributed by atoms with E-state index in [1.165, 1.54) is 0 Å². The second-order valence-electron chi connectivity index (χ2n) is 7.97. The molecule has 2 aromatic carbocycles. The van der Waals surface area contributed by atoms with Crippen molar-refractivity contribution in [1.29, 1.82) is 0 Å². The number of nitrogens with one attached hydrogen (secondary N) is 3. The van der Waals surface area contributed by atoms with Gasteiger partial charge in [-0.2, -0.15) is 0 Å². The van der Waals surface area contributed by atoms with E-state index in [9.17, 15) is 14.4 Å². The Kier molecular flexibility index (Phi) is 6.16. The molecule has 0 spiro atoms. The molecular weight excluding hydrogens is 410 g/mol. The topological polar surface area (TPSA) is 103 Å². The van der Waals surface area contributed by atoms with E-state index in [0.717, 1.165) is 17.5 Å². The molecule has 2 aromatic rings. The van der Waals surface area contributed by atoms with Crippen LogP contribution in [0.25, 0.3) is 0 Å². The molecule has 0 aliphatic carbocycles. The van der Waals surface area contributed by atoms with E-state index in [-0.39, 0.29) is 11.9 Å². The number of amides is 5. The monoisotopic (exact) mass is 437 g/mol. The van der Waals surface area contributed by atoms with Gasteiger partial charge in [0.2, 0.25) is 0 Å². The van der Waals surface area contributed by atoms with Crippen LogP contribution in [0.3, 0.4) is 0 Å². The quantitative estimate of drug-likeness (QED) is 0.646. The number of likely N-dealkylation sites (N-methyl/N-ethyl adjacent to an activating group) is 1. The number of nitrogens with zero attached hydrogens (tertiary/aromatic N) is 2. The summed E-state index contributed by atoms with van der Waals surface area (Å²) in [5.74, 6) is 0.637. The molecule has 0 aromatic heterocycles. The van der Waals surface area contributed by atoms with E-state index in [4.69, 9.17) is 4.74 Å². The number of aryl methyl sites for hydroxylation is 1. The zero-order valence-electron chi connectivity index (χ0n) is 18.2. The number of carbonyl (C=O) groups excluding carboxylic acids is 3. The summed E-state index contributed by atoms with van der Waals surface area (Å²) in [6.07, 6.45) is 0.808. The minimum Gasteiger partial charge on any atom is -0.492 e. The number of carbonyl (C=O) groups is 3. The molecule has 2 heterocycles. The van der Waals surface area contributed by atoms with Crippen molar-refractivity contribution in [1.82, 2.24) is 15.1 Å². The van der Waals surface area contributed by atoms with Crippen LogP contribution >= 0.6 is 0 Å². The maximum absolute atomic E-state index is 12.5. The van der Waals surface area contributed by atoms with Gasteiger partial charge >= 0.3 is 12.1 Å². The Morgan fingerprint density at radius 3 is 2.72 bits per heavy atom. The third-order valence-electron chi connectivity index (χ3n) is 5.68. The van der Waals surface area contributed by atoms with E-state index in [1.54, 1.807) is 41.1 Å². The van der Waals surface area contributed by atoms with Crippen LogP contribution in [0.2, 0.25) is 0 Å². The van der Waals surface area contributed by atoms with E-state index in [2.05, 4.69) is 16.0 Å². The third-order valence-corrected chi connectivity index (χ3v) is 5.68. The second-order valence-corrected chi connectivity index (χ2v) is 7.97. The lowest BCUT2D eigenvalue weighted by Crippen LogP contribution is -2.34. The maximum atomic E-state index is 12.5. The molecule has 0 radical (unpaired) electrons. The number of hydrogen-bond donors (Lipinski definition) is 3. The number of ether oxygens (including phenoxy) is 1. The molecule has 2 aliphatic rings. The van der Waals surface area contributed by atoms with Gasteiger partial charge < -0.3 is 30.5 Å². The third kappa shape index (κ3) is 4.77. The minimum atomic E-state index is -0.390. The Bertz CT molecular complexity index is 1050. The largest absolute Gasteiger partial charge is 0.492 e. The lowest BCUT2D eigenvalue weighted by Gasteiger charge is -2.25. The second kappa shape index (κ2) is 9.17. The van der Waals surface area contributed by atoms with Gasteiger partial charge in [0.15, 0.2) is 0 Å². The fraction of sp³-hybridized carbons (Fsp3) is 0.348. The number of benzene rings is 2. The summed E-state index contributed by atoms with van der Waals surface area (Å²) in [6.45, 7) is 4.85. The molecule has 9 nitrogen and oxygen atoms in total. The van der Waals surface area contributed by atoms with Crippen molar-refractivity contribution in [3.8, 4) is 5.75 Å². The lowest BCUT2D eigenvalue weighted by molar-refractivity contribution is 0.0781. The fourth-order valence-electron chi connectivity index (χ4n) is 3.82.